The maximum Gasteiger partial charge on any atom is 0.319 e. The molecule has 0 aromatic heterocycles. The first-order valence-corrected chi connectivity index (χ1v) is 8.36. The average Bonchev–Trinajstić information content (AvgIpc) is 2.55. The van der Waals surface area contributed by atoms with Crippen molar-refractivity contribution in [1.29, 1.82) is 0 Å². The summed E-state index contributed by atoms with van der Waals surface area (Å²) in [7, 11) is 0. The number of amides is 3. The van der Waals surface area contributed by atoms with Crippen molar-refractivity contribution in [1.82, 2.24) is 10.6 Å². The Bertz CT molecular complexity index is 645. The summed E-state index contributed by atoms with van der Waals surface area (Å²) < 4.78 is 5.52. The number of nitrogens with one attached hydrogen (secondary N) is 3. The van der Waals surface area contributed by atoms with E-state index in [2.05, 4.69) is 16.0 Å². The van der Waals surface area contributed by atoms with Gasteiger partial charge in [-0.2, -0.15) is 0 Å². The van der Waals surface area contributed by atoms with E-state index < -0.39 is 5.97 Å². The number of β-lactam (4-membered cyclic amide) rings is 1. The van der Waals surface area contributed by atoms with Gasteiger partial charge in [-0.1, -0.05) is 0 Å². The Morgan fingerprint density at radius 1 is 1.12 bits per heavy atom. The Kier molecular flexibility index (Phi) is 5.06. The number of rotatable bonds is 5. The number of hydrogen-bond acceptors (Lipinski definition) is 4. The van der Waals surface area contributed by atoms with Gasteiger partial charge in [0.25, 0.3) is 0 Å². The van der Waals surface area contributed by atoms with E-state index in [1.54, 1.807) is 24.3 Å². The predicted molar refractivity (Wildman–Crippen MR) is 89.2 cm³/mol. The summed E-state index contributed by atoms with van der Waals surface area (Å²) in [5.41, 5.74) is 0.627. The van der Waals surface area contributed by atoms with Crippen molar-refractivity contribution in [2.75, 3.05) is 5.32 Å². The lowest BCUT2D eigenvalue weighted by molar-refractivity contribution is -0.143. The highest BCUT2D eigenvalue weighted by atomic mass is 16.5. The van der Waals surface area contributed by atoms with Gasteiger partial charge in [-0.15, -0.1) is 0 Å². The number of ether oxygens (including phenoxy) is 1. The molecule has 1 unspecified atom stereocenters. The molecule has 0 radical (unpaired) electrons. The molecular formula is C17H21N3O5. The van der Waals surface area contributed by atoms with Crippen molar-refractivity contribution < 1.29 is 24.2 Å². The van der Waals surface area contributed by atoms with Crippen molar-refractivity contribution in [2.45, 2.75) is 44.4 Å². The summed E-state index contributed by atoms with van der Waals surface area (Å²) in [6.07, 6.45) is 2.59. The van der Waals surface area contributed by atoms with Crippen LogP contribution < -0.4 is 20.7 Å². The summed E-state index contributed by atoms with van der Waals surface area (Å²) in [5, 5.41) is 17.2. The Balaban J connectivity index is 1.42. The molecule has 1 aliphatic carbocycles. The molecule has 8 heteroatoms. The normalized spacial score (nSPS) is 25.3. The summed E-state index contributed by atoms with van der Waals surface area (Å²) >= 11 is 0. The first kappa shape index (κ1) is 17.1. The van der Waals surface area contributed by atoms with E-state index in [1.807, 2.05) is 0 Å². The lowest BCUT2D eigenvalue weighted by Crippen LogP contribution is -2.51. The zero-order valence-corrected chi connectivity index (χ0v) is 13.7. The quantitative estimate of drug-likeness (QED) is 0.605. The molecule has 134 valence electrons. The third kappa shape index (κ3) is 4.62. The molecule has 1 heterocycles. The number of carboxylic acid groups (broad SMARTS) is 1. The van der Waals surface area contributed by atoms with Crippen molar-refractivity contribution in [3.05, 3.63) is 24.3 Å². The highest BCUT2D eigenvalue weighted by Gasteiger charge is 2.27. The van der Waals surface area contributed by atoms with Gasteiger partial charge in [0.2, 0.25) is 5.91 Å². The number of aliphatic carboxylic acids is 1. The van der Waals surface area contributed by atoms with Gasteiger partial charge < -0.3 is 25.8 Å². The largest absolute Gasteiger partial charge is 0.481 e. The van der Waals surface area contributed by atoms with Gasteiger partial charge in [0.1, 0.15) is 5.75 Å². The highest BCUT2D eigenvalue weighted by Crippen LogP contribution is 2.24. The lowest BCUT2D eigenvalue weighted by Gasteiger charge is -2.27. The molecule has 2 aliphatic rings. The van der Waals surface area contributed by atoms with Crippen LogP contribution in [-0.4, -0.2) is 35.3 Å². The number of urea groups is 1. The molecule has 1 saturated carbocycles. The Labute approximate surface area is 144 Å². The minimum absolute atomic E-state index is 0.000402. The van der Waals surface area contributed by atoms with Crippen LogP contribution in [0.4, 0.5) is 10.5 Å². The van der Waals surface area contributed by atoms with Gasteiger partial charge in [-0.3, -0.25) is 9.59 Å². The highest BCUT2D eigenvalue weighted by molar-refractivity contribution is 5.89. The van der Waals surface area contributed by atoms with Gasteiger partial charge in [0.15, 0.2) is 6.23 Å². The van der Waals surface area contributed by atoms with Crippen LogP contribution in [0.5, 0.6) is 5.75 Å². The van der Waals surface area contributed by atoms with E-state index in [9.17, 15) is 14.4 Å². The predicted octanol–water partition coefficient (Wildman–Crippen LogP) is 1.68. The van der Waals surface area contributed by atoms with Crippen LogP contribution in [-0.2, 0) is 9.59 Å². The molecule has 4 N–H and O–H groups in total. The number of anilines is 1. The number of benzene rings is 1. The van der Waals surface area contributed by atoms with E-state index in [1.165, 1.54) is 0 Å². The Hall–Kier alpha value is -2.77. The van der Waals surface area contributed by atoms with Crippen LogP contribution in [0, 0.1) is 5.92 Å². The standard InChI is InChI=1S/C17H21N3O5/c21-14-9-15(20-14)25-13-7-5-12(6-8-13)19-17(24)18-11-3-1-10(2-4-11)16(22)23/h5-8,10-11,15H,1-4,9H2,(H,20,21)(H,22,23)(H2,18,19,24). The smallest absolute Gasteiger partial charge is 0.319 e. The molecule has 1 aromatic carbocycles. The van der Waals surface area contributed by atoms with Crippen LogP contribution >= 0.6 is 0 Å². The summed E-state index contributed by atoms with van der Waals surface area (Å²) in [4.78, 5) is 33.8. The molecule has 2 fully saturated rings. The fourth-order valence-electron chi connectivity index (χ4n) is 3.02. The fraction of sp³-hybridized carbons (Fsp3) is 0.471. The molecule has 1 aliphatic heterocycles. The van der Waals surface area contributed by atoms with Gasteiger partial charge in [-0.25, -0.2) is 4.79 Å². The molecule has 3 amide bonds. The molecule has 1 atom stereocenters. The minimum Gasteiger partial charge on any atom is -0.481 e. The third-order valence-corrected chi connectivity index (χ3v) is 4.49. The zero-order chi connectivity index (χ0) is 17.8. The SMILES string of the molecule is O=C1CC(Oc2ccc(NC(=O)NC3CCC(C(=O)O)CC3)cc2)N1. The molecule has 1 aromatic rings. The maximum atomic E-state index is 12.0. The first-order valence-electron chi connectivity index (χ1n) is 8.36. The average molecular weight is 347 g/mol. The van der Waals surface area contributed by atoms with Crippen molar-refractivity contribution >= 4 is 23.6 Å². The molecule has 3 rings (SSSR count). The Morgan fingerprint density at radius 2 is 1.76 bits per heavy atom. The number of hydrogen-bond donors (Lipinski definition) is 4. The van der Waals surface area contributed by atoms with E-state index in [0.717, 1.165) is 0 Å². The topological polar surface area (TPSA) is 117 Å². The van der Waals surface area contributed by atoms with E-state index in [0.29, 0.717) is 43.5 Å². The van der Waals surface area contributed by atoms with E-state index >= 15 is 0 Å². The van der Waals surface area contributed by atoms with Gasteiger partial charge >= 0.3 is 12.0 Å². The van der Waals surface area contributed by atoms with Gasteiger partial charge in [0, 0.05) is 11.7 Å². The first-order chi connectivity index (χ1) is 12.0. The van der Waals surface area contributed by atoms with Gasteiger partial charge in [0.05, 0.1) is 12.3 Å². The van der Waals surface area contributed by atoms with Crippen molar-refractivity contribution in [2.24, 2.45) is 5.92 Å². The van der Waals surface area contributed by atoms with Crippen LogP contribution in [0.2, 0.25) is 0 Å². The summed E-state index contributed by atoms with van der Waals surface area (Å²) in [6.45, 7) is 0. The molecule has 25 heavy (non-hydrogen) atoms. The summed E-state index contributed by atoms with van der Waals surface area (Å²) in [6, 6.07) is 6.57. The van der Waals surface area contributed by atoms with Gasteiger partial charge in [-0.05, 0) is 49.9 Å². The third-order valence-electron chi connectivity index (χ3n) is 4.49. The van der Waals surface area contributed by atoms with Crippen LogP contribution in [0.3, 0.4) is 0 Å². The van der Waals surface area contributed by atoms with Crippen LogP contribution in [0.1, 0.15) is 32.1 Å². The van der Waals surface area contributed by atoms with Crippen LogP contribution in [0.25, 0.3) is 0 Å². The second-order valence-electron chi connectivity index (χ2n) is 6.39. The number of carbonyl (C=O) groups excluding carboxylic acids is 2. The van der Waals surface area contributed by atoms with Crippen LogP contribution in [0.15, 0.2) is 24.3 Å². The molecule has 1 saturated heterocycles. The van der Waals surface area contributed by atoms with Crippen molar-refractivity contribution in [3.63, 3.8) is 0 Å². The lowest BCUT2D eigenvalue weighted by atomic mass is 9.86. The molecule has 0 bridgehead atoms. The van der Waals surface area contributed by atoms with E-state index in [-0.39, 0.29) is 30.1 Å². The zero-order valence-electron chi connectivity index (χ0n) is 13.7. The fourth-order valence-corrected chi connectivity index (χ4v) is 3.02. The second kappa shape index (κ2) is 7.42. The second-order valence-corrected chi connectivity index (χ2v) is 6.39. The molecular weight excluding hydrogens is 326 g/mol. The molecule has 0 spiro atoms. The number of carboxylic acids is 1. The Morgan fingerprint density at radius 3 is 2.32 bits per heavy atom. The van der Waals surface area contributed by atoms with Crippen molar-refractivity contribution in [3.8, 4) is 5.75 Å². The van der Waals surface area contributed by atoms with E-state index in [4.69, 9.17) is 9.84 Å². The molecule has 8 nitrogen and oxygen atoms in total. The minimum atomic E-state index is -0.758. The summed E-state index contributed by atoms with van der Waals surface area (Å²) in [5.74, 6) is -0.471. The number of carbonyl (C=O) groups is 3. The monoisotopic (exact) mass is 347 g/mol. The maximum absolute atomic E-state index is 12.0.